The molecule has 33 heavy (non-hydrogen) atoms. The van der Waals surface area contributed by atoms with E-state index in [1.54, 1.807) is 10.5 Å². The Morgan fingerprint density at radius 2 is 2.03 bits per heavy atom. The zero-order valence-electron chi connectivity index (χ0n) is 18.7. The molecule has 172 valence electrons. The van der Waals surface area contributed by atoms with Gasteiger partial charge in [0.05, 0.1) is 16.6 Å². The third kappa shape index (κ3) is 3.12. The van der Waals surface area contributed by atoms with Gasteiger partial charge in [0.2, 0.25) is 5.82 Å². The lowest BCUT2D eigenvalue weighted by molar-refractivity contribution is -0.0448. The molecule has 6 rings (SSSR count). The second kappa shape index (κ2) is 6.94. The lowest BCUT2D eigenvalue weighted by atomic mass is 10.1. The van der Waals surface area contributed by atoms with Crippen LogP contribution in [0.2, 0.25) is 0 Å². The molecule has 0 bridgehead atoms. The number of hydrogen-bond donors (Lipinski definition) is 0. The summed E-state index contributed by atoms with van der Waals surface area (Å²) in [4.78, 5) is 22.8. The van der Waals surface area contributed by atoms with Gasteiger partial charge >= 0.3 is 0 Å². The maximum absolute atomic E-state index is 14.2. The molecule has 2 saturated heterocycles. The number of halogens is 1. The monoisotopic (exact) mass is 453 g/mol. The molecule has 5 heterocycles. The summed E-state index contributed by atoms with van der Waals surface area (Å²) in [5.41, 5.74) is 0.161. The molecule has 0 radical (unpaired) electrons. The first-order valence-electron chi connectivity index (χ1n) is 11.1. The SMILES string of the molecule is CC1(C)CCC(c2nc(-c3ncn4c3c(=O)n(C3(C)CCCO3)c3cc(F)ccc34)no2)O1. The van der Waals surface area contributed by atoms with E-state index in [0.29, 0.717) is 35.6 Å². The largest absolute Gasteiger partial charge is 0.363 e. The molecule has 2 atom stereocenters. The fraction of sp³-hybridized carbons (Fsp3) is 0.478. The second-order valence-corrected chi connectivity index (χ2v) is 9.57. The summed E-state index contributed by atoms with van der Waals surface area (Å²) in [6, 6.07) is 4.35. The molecule has 0 spiro atoms. The molecule has 9 nitrogen and oxygen atoms in total. The van der Waals surface area contributed by atoms with Gasteiger partial charge in [0.25, 0.3) is 11.4 Å². The van der Waals surface area contributed by atoms with E-state index in [2.05, 4.69) is 15.1 Å². The Bertz CT molecular complexity index is 1450. The zero-order chi connectivity index (χ0) is 23.0. The van der Waals surface area contributed by atoms with Crippen molar-refractivity contribution in [3.8, 4) is 11.5 Å². The minimum absolute atomic E-state index is 0.211. The van der Waals surface area contributed by atoms with Gasteiger partial charge in [0.15, 0.2) is 0 Å². The fourth-order valence-electron chi connectivity index (χ4n) is 5.02. The van der Waals surface area contributed by atoms with Crippen LogP contribution in [0.25, 0.3) is 28.1 Å². The standard InChI is InChI=1S/C23H24FN5O4/c1-22(2)9-7-16(32-22)20-26-19(27-33-20)17-18-21(30)29(23(3)8-4-10-31-23)15-11-13(24)5-6-14(15)28(18)12-25-17/h5-6,11-12,16H,4,7-10H2,1-3H3. The van der Waals surface area contributed by atoms with Crippen molar-refractivity contribution in [3.63, 3.8) is 0 Å². The van der Waals surface area contributed by atoms with Gasteiger partial charge in [-0.25, -0.2) is 9.37 Å². The van der Waals surface area contributed by atoms with Crippen molar-refractivity contribution in [2.24, 2.45) is 0 Å². The maximum atomic E-state index is 14.2. The highest BCUT2D eigenvalue weighted by atomic mass is 19.1. The van der Waals surface area contributed by atoms with Gasteiger partial charge in [-0.3, -0.25) is 13.8 Å². The average molecular weight is 453 g/mol. The van der Waals surface area contributed by atoms with E-state index in [1.807, 2.05) is 20.8 Å². The van der Waals surface area contributed by atoms with Crippen molar-refractivity contribution < 1.29 is 18.4 Å². The molecular formula is C23H24FN5O4. The summed E-state index contributed by atoms with van der Waals surface area (Å²) >= 11 is 0. The van der Waals surface area contributed by atoms with E-state index in [9.17, 15) is 9.18 Å². The van der Waals surface area contributed by atoms with E-state index in [-0.39, 0.29) is 28.6 Å². The van der Waals surface area contributed by atoms with Gasteiger partial charge in [-0.1, -0.05) is 5.16 Å². The fourth-order valence-corrected chi connectivity index (χ4v) is 5.02. The zero-order valence-corrected chi connectivity index (χ0v) is 18.7. The van der Waals surface area contributed by atoms with Crippen LogP contribution >= 0.6 is 0 Å². The molecule has 0 aliphatic carbocycles. The lowest BCUT2D eigenvalue weighted by Gasteiger charge is -2.28. The summed E-state index contributed by atoms with van der Waals surface area (Å²) in [6.45, 7) is 6.43. The average Bonchev–Trinajstić information content (AvgIpc) is 3.53. The summed E-state index contributed by atoms with van der Waals surface area (Å²) < 4.78 is 34.8. The Morgan fingerprint density at radius 1 is 1.18 bits per heavy atom. The third-order valence-electron chi connectivity index (χ3n) is 6.68. The van der Waals surface area contributed by atoms with Crippen molar-refractivity contribution in [3.05, 3.63) is 46.6 Å². The number of benzene rings is 1. The number of nitrogens with zero attached hydrogens (tertiary/aromatic N) is 5. The highest BCUT2D eigenvalue weighted by Gasteiger charge is 2.37. The first-order valence-corrected chi connectivity index (χ1v) is 11.1. The molecular weight excluding hydrogens is 429 g/mol. The van der Waals surface area contributed by atoms with Crippen molar-refractivity contribution >= 4 is 16.6 Å². The summed E-state index contributed by atoms with van der Waals surface area (Å²) in [5, 5.41) is 4.10. The predicted molar refractivity (Wildman–Crippen MR) is 116 cm³/mol. The number of imidazole rings is 1. The number of hydrogen-bond acceptors (Lipinski definition) is 7. The Kier molecular flexibility index (Phi) is 4.31. The van der Waals surface area contributed by atoms with Crippen molar-refractivity contribution in [2.75, 3.05) is 6.61 Å². The number of rotatable bonds is 3. The normalized spacial score (nSPS) is 24.9. The van der Waals surface area contributed by atoms with Crippen LogP contribution in [0.3, 0.4) is 0 Å². The van der Waals surface area contributed by atoms with Crippen LogP contribution in [0, 0.1) is 5.82 Å². The second-order valence-electron chi connectivity index (χ2n) is 9.57. The van der Waals surface area contributed by atoms with Crippen molar-refractivity contribution in [2.45, 2.75) is 63.9 Å². The van der Waals surface area contributed by atoms with Crippen LogP contribution in [0.5, 0.6) is 0 Å². The first-order chi connectivity index (χ1) is 15.8. The molecule has 1 aromatic carbocycles. The number of fused-ring (bicyclic) bond motifs is 3. The van der Waals surface area contributed by atoms with E-state index in [4.69, 9.17) is 14.0 Å². The van der Waals surface area contributed by atoms with Crippen LogP contribution < -0.4 is 5.56 Å². The molecule has 2 aliphatic rings. The highest BCUT2D eigenvalue weighted by Crippen LogP contribution is 2.39. The lowest BCUT2D eigenvalue weighted by Crippen LogP contribution is -2.39. The van der Waals surface area contributed by atoms with Gasteiger partial charge in [0, 0.05) is 6.61 Å². The minimum atomic E-state index is -0.891. The molecule has 3 aromatic heterocycles. The molecule has 0 amide bonds. The van der Waals surface area contributed by atoms with E-state index in [1.165, 1.54) is 23.0 Å². The molecule has 2 unspecified atom stereocenters. The van der Waals surface area contributed by atoms with Crippen LogP contribution in [0.1, 0.15) is 58.4 Å². The molecule has 2 fully saturated rings. The molecule has 0 saturated carbocycles. The predicted octanol–water partition coefficient (Wildman–Crippen LogP) is 3.95. The smallest absolute Gasteiger partial charge is 0.280 e. The quantitative estimate of drug-likeness (QED) is 0.463. The Hall–Kier alpha value is -3.11. The molecule has 10 heteroatoms. The van der Waals surface area contributed by atoms with E-state index in [0.717, 1.165) is 19.3 Å². The van der Waals surface area contributed by atoms with Gasteiger partial charge in [0.1, 0.15) is 35.2 Å². The maximum Gasteiger partial charge on any atom is 0.280 e. The molecule has 2 aliphatic heterocycles. The highest BCUT2D eigenvalue weighted by molar-refractivity contribution is 5.83. The topological polar surface area (TPSA) is 96.7 Å². The minimum Gasteiger partial charge on any atom is -0.363 e. The van der Waals surface area contributed by atoms with Gasteiger partial charge in [-0.2, -0.15) is 4.98 Å². The summed E-state index contributed by atoms with van der Waals surface area (Å²) in [5.74, 6) is 0.147. The molecule has 4 aromatic rings. The van der Waals surface area contributed by atoms with Crippen LogP contribution in [-0.4, -0.2) is 36.3 Å². The van der Waals surface area contributed by atoms with Gasteiger partial charge < -0.3 is 14.0 Å². The Labute approximate surface area is 188 Å². The Morgan fingerprint density at radius 3 is 2.76 bits per heavy atom. The van der Waals surface area contributed by atoms with Crippen LogP contribution in [0.4, 0.5) is 4.39 Å². The first kappa shape index (κ1) is 20.5. The number of ether oxygens (including phenoxy) is 2. The van der Waals surface area contributed by atoms with E-state index < -0.39 is 11.5 Å². The number of aromatic nitrogens is 5. The van der Waals surface area contributed by atoms with Gasteiger partial charge in [-0.15, -0.1) is 0 Å². The molecule has 0 N–H and O–H groups in total. The third-order valence-corrected chi connectivity index (χ3v) is 6.68. The van der Waals surface area contributed by atoms with Crippen LogP contribution in [0.15, 0.2) is 33.8 Å². The van der Waals surface area contributed by atoms with Gasteiger partial charge in [-0.05, 0) is 64.7 Å². The Balaban J connectivity index is 1.56. The summed E-state index contributed by atoms with van der Waals surface area (Å²) in [7, 11) is 0. The van der Waals surface area contributed by atoms with E-state index >= 15 is 0 Å². The van der Waals surface area contributed by atoms with Crippen LogP contribution in [-0.2, 0) is 15.2 Å². The van der Waals surface area contributed by atoms with Crippen molar-refractivity contribution in [1.82, 2.24) is 24.1 Å². The summed E-state index contributed by atoms with van der Waals surface area (Å²) in [6.07, 6.45) is 4.34. The van der Waals surface area contributed by atoms with Crippen molar-refractivity contribution in [1.29, 1.82) is 0 Å².